The Bertz CT molecular complexity index is 356. The van der Waals surface area contributed by atoms with E-state index in [1.165, 1.54) is 5.56 Å². The van der Waals surface area contributed by atoms with Crippen LogP contribution in [0.25, 0.3) is 0 Å². The third-order valence-corrected chi connectivity index (χ3v) is 3.75. The topological polar surface area (TPSA) is 21.3 Å². The Labute approximate surface area is 122 Å². The molecule has 1 N–H and O–H groups in total. The summed E-state index contributed by atoms with van der Waals surface area (Å²) in [5, 5.41) is 4.27. The second-order valence-electron chi connectivity index (χ2n) is 6.09. The number of methoxy groups -OCH3 is 1. The van der Waals surface area contributed by atoms with E-state index in [-0.39, 0.29) is 5.41 Å². The average Bonchev–Trinajstić information content (AvgIpc) is 2.34. The number of nitrogens with one attached hydrogen (secondary N) is 1. The summed E-state index contributed by atoms with van der Waals surface area (Å²) in [7, 11) is 1.73. The van der Waals surface area contributed by atoms with Crippen LogP contribution >= 0.6 is 11.6 Å². The number of rotatable bonds is 7. The molecule has 3 heteroatoms. The van der Waals surface area contributed by atoms with Crippen LogP contribution in [-0.4, -0.2) is 26.8 Å². The first-order valence-corrected chi connectivity index (χ1v) is 7.25. The van der Waals surface area contributed by atoms with Gasteiger partial charge in [0.05, 0.1) is 6.61 Å². The Balaban J connectivity index is 2.57. The van der Waals surface area contributed by atoms with E-state index in [0.717, 1.165) is 31.1 Å². The Morgan fingerprint density at radius 3 is 2.37 bits per heavy atom. The van der Waals surface area contributed by atoms with E-state index in [1.807, 2.05) is 12.1 Å². The van der Waals surface area contributed by atoms with Gasteiger partial charge in [-0.1, -0.05) is 44.5 Å². The Morgan fingerprint density at radius 2 is 1.84 bits per heavy atom. The van der Waals surface area contributed by atoms with Crippen LogP contribution in [0.4, 0.5) is 0 Å². The molecule has 0 radical (unpaired) electrons. The normalized spacial score (nSPS) is 13.5. The largest absolute Gasteiger partial charge is 0.383 e. The van der Waals surface area contributed by atoms with Crippen molar-refractivity contribution < 1.29 is 4.74 Å². The van der Waals surface area contributed by atoms with Crippen molar-refractivity contribution >= 4 is 11.6 Å². The van der Waals surface area contributed by atoms with Crippen LogP contribution < -0.4 is 5.32 Å². The van der Waals surface area contributed by atoms with Gasteiger partial charge >= 0.3 is 0 Å². The monoisotopic (exact) mass is 283 g/mol. The SMILES string of the molecule is COCCNCC(Cc1ccc(Cl)cc1)C(C)(C)C. The van der Waals surface area contributed by atoms with Gasteiger partial charge in [0.1, 0.15) is 0 Å². The van der Waals surface area contributed by atoms with Crippen LogP contribution in [0.1, 0.15) is 26.3 Å². The molecule has 108 valence electrons. The smallest absolute Gasteiger partial charge is 0.0587 e. The fraction of sp³-hybridized carbons (Fsp3) is 0.625. The van der Waals surface area contributed by atoms with Crippen molar-refractivity contribution in [2.45, 2.75) is 27.2 Å². The summed E-state index contributed by atoms with van der Waals surface area (Å²) < 4.78 is 5.06. The predicted molar refractivity (Wildman–Crippen MR) is 82.8 cm³/mol. The van der Waals surface area contributed by atoms with Crippen LogP contribution in [0.15, 0.2) is 24.3 Å². The van der Waals surface area contributed by atoms with Crippen molar-refractivity contribution in [1.82, 2.24) is 5.32 Å². The van der Waals surface area contributed by atoms with Gasteiger partial charge in [-0.2, -0.15) is 0 Å². The van der Waals surface area contributed by atoms with Crippen LogP contribution in [0, 0.1) is 11.3 Å². The Hall–Kier alpha value is -0.570. The van der Waals surface area contributed by atoms with E-state index in [4.69, 9.17) is 16.3 Å². The first kappa shape index (κ1) is 16.5. The Morgan fingerprint density at radius 1 is 1.21 bits per heavy atom. The lowest BCUT2D eigenvalue weighted by Gasteiger charge is -2.31. The second-order valence-corrected chi connectivity index (χ2v) is 6.53. The van der Waals surface area contributed by atoms with E-state index >= 15 is 0 Å². The molecule has 0 fully saturated rings. The van der Waals surface area contributed by atoms with Gasteiger partial charge in [-0.3, -0.25) is 0 Å². The van der Waals surface area contributed by atoms with E-state index < -0.39 is 0 Å². The molecule has 0 spiro atoms. The highest BCUT2D eigenvalue weighted by atomic mass is 35.5. The minimum Gasteiger partial charge on any atom is -0.383 e. The molecular formula is C16H26ClNO. The summed E-state index contributed by atoms with van der Waals surface area (Å²) in [5.41, 5.74) is 1.62. The number of halogens is 1. The third kappa shape index (κ3) is 6.42. The van der Waals surface area contributed by atoms with Gasteiger partial charge in [0.2, 0.25) is 0 Å². The first-order valence-electron chi connectivity index (χ1n) is 6.87. The van der Waals surface area contributed by atoms with Gasteiger partial charge in [-0.05, 0) is 42.0 Å². The van der Waals surface area contributed by atoms with Crippen LogP contribution in [0.3, 0.4) is 0 Å². The van der Waals surface area contributed by atoms with Gasteiger partial charge in [-0.15, -0.1) is 0 Å². The molecular weight excluding hydrogens is 258 g/mol. The maximum atomic E-state index is 5.93. The minimum atomic E-state index is 0.277. The molecule has 0 saturated heterocycles. The molecule has 1 atom stereocenters. The van der Waals surface area contributed by atoms with E-state index in [2.05, 4.69) is 38.2 Å². The van der Waals surface area contributed by atoms with Crippen molar-refractivity contribution in [1.29, 1.82) is 0 Å². The van der Waals surface area contributed by atoms with Gasteiger partial charge in [0, 0.05) is 18.7 Å². The summed E-state index contributed by atoms with van der Waals surface area (Å²) in [6.45, 7) is 9.57. The lowest BCUT2D eigenvalue weighted by atomic mass is 9.77. The summed E-state index contributed by atoms with van der Waals surface area (Å²) >= 11 is 5.93. The zero-order valence-electron chi connectivity index (χ0n) is 12.5. The second kappa shape index (κ2) is 7.88. The maximum absolute atomic E-state index is 5.93. The molecule has 19 heavy (non-hydrogen) atoms. The van der Waals surface area contributed by atoms with Crippen LogP contribution in [0.2, 0.25) is 5.02 Å². The fourth-order valence-electron chi connectivity index (χ4n) is 2.04. The lowest BCUT2D eigenvalue weighted by molar-refractivity contribution is 0.186. The van der Waals surface area contributed by atoms with Crippen molar-refractivity contribution in [2.24, 2.45) is 11.3 Å². The molecule has 0 bridgehead atoms. The van der Waals surface area contributed by atoms with Gasteiger partial charge in [-0.25, -0.2) is 0 Å². The molecule has 0 aliphatic carbocycles. The Kier molecular flexibility index (Phi) is 6.84. The number of hydrogen-bond donors (Lipinski definition) is 1. The third-order valence-electron chi connectivity index (χ3n) is 3.49. The van der Waals surface area contributed by atoms with E-state index in [9.17, 15) is 0 Å². The zero-order chi connectivity index (χ0) is 14.3. The highest BCUT2D eigenvalue weighted by molar-refractivity contribution is 6.30. The average molecular weight is 284 g/mol. The quantitative estimate of drug-likeness (QED) is 0.769. The highest BCUT2D eigenvalue weighted by Crippen LogP contribution is 2.28. The minimum absolute atomic E-state index is 0.277. The van der Waals surface area contributed by atoms with Gasteiger partial charge in [0.25, 0.3) is 0 Å². The summed E-state index contributed by atoms with van der Waals surface area (Å²) in [4.78, 5) is 0. The van der Waals surface area contributed by atoms with Crippen LogP contribution in [0.5, 0.6) is 0 Å². The van der Waals surface area contributed by atoms with Crippen LogP contribution in [-0.2, 0) is 11.2 Å². The molecule has 0 heterocycles. The van der Waals surface area contributed by atoms with E-state index in [1.54, 1.807) is 7.11 Å². The summed E-state index contributed by atoms with van der Waals surface area (Å²) in [5.74, 6) is 0.588. The number of hydrogen-bond acceptors (Lipinski definition) is 2. The van der Waals surface area contributed by atoms with Crippen molar-refractivity contribution in [2.75, 3.05) is 26.8 Å². The predicted octanol–water partition coefficient (Wildman–Crippen LogP) is 3.78. The fourth-order valence-corrected chi connectivity index (χ4v) is 2.17. The highest BCUT2D eigenvalue weighted by Gasteiger charge is 2.24. The molecule has 0 aliphatic heterocycles. The molecule has 1 aromatic carbocycles. The zero-order valence-corrected chi connectivity index (χ0v) is 13.3. The molecule has 1 unspecified atom stereocenters. The number of benzene rings is 1. The summed E-state index contributed by atoms with van der Waals surface area (Å²) in [6.07, 6.45) is 1.07. The molecule has 0 amide bonds. The van der Waals surface area contributed by atoms with Crippen molar-refractivity contribution in [3.63, 3.8) is 0 Å². The van der Waals surface area contributed by atoms with E-state index in [0.29, 0.717) is 5.92 Å². The van der Waals surface area contributed by atoms with Gasteiger partial charge in [0.15, 0.2) is 0 Å². The molecule has 1 rings (SSSR count). The molecule has 1 aromatic rings. The number of ether oxygens (including phenoxy) is 1. The van der Waals surface area contributed by atoms with Gasteiger partial charge < -0.3 is 10.1 Å². The molecule has 0 aliphatic rings. The molecule has 0 saturated carbocycles. The van der Waals surface area contributed by atoms with Crippen molar-refractivity contribution in [3.8, 4) is 0 Å². The molecule has 2 nitrogen and oxygen atoms in total. The maximum Gasteiger partial charge on any atom is 0.0587 e. The molecule has 0 aromatic heterocycles. The lowest BCUT2D eigenvalue weighted by Crippen LogP contribution is -2.34. The standard InChI is InChI=1S/C16H26ClNO/c1-16(2,3)14(12-18-9-10-19-4)11-13-5-7-15(17)8-6-13/h5-8,14,18H,9-12H2,1-4H3. The first-order chi connectivity index (χ1) is 8.93. The van der Waals surface area contributed by atoms with Crippen molar-refractivity contribution in [3.05, 3.63) is 34.9 Å². The summed E-state index contributed by atoms with van der Waals surface area (Å²) in [6, 6.07) is 8.18.